The van der Waals surface area contributed by atoms with Crippen LogP contribution in [0.15, 0.2) is 24.3 Å². The highest BCUT2D eigenvalue weighted by Crippen LogP contribution is 2.33. The van der Waals surface area contributed by atoms with Crippen molar-refractivity contribution in [1.82, 2.24) is 4.98 Å². The van der Waals surface area contributed by atoms with Gasteiger partial charge in [0, 0.05) is 12.5 Å². The molecule has 1 amide bonds. The first-order valence-electron chi connectivity index (χ1n) is 5.17. The van der Waals surface area contributed by atoms with Crippen LogP contribution in [0.5, 0.6) is 0 Å². The molecule has 0 radical (unpaired) electrons. The molecule has 17 heavy (non-hydrogen) atoms. The minimum Gasteiger partial charge on any atom is -0.389 e. The number of carbonyl (C=O) groups is 1. The number of hydrogen-bond donors (Lipinski definition) is 2. The zero-order valence-electron chi connectivity index (χ0n) is 9.65. The first-order valence-corrected chi connectivity index (χ1v) is 5.99. The van der Waals surface area contributed by atoms with Gasteiger partial charge < -0.3 is 11.1 Å². The van der Waals surface area contributed by atoms with Crippen LogP contribution in [0, 0.1) is 6.92 Å². The maximum Gasteiger partial charge on any atom is 0.223 e. The first-order chi connectivity index (χ1) is 8.06. The van der Waals surface area contributed by atoms with Crippen LogP contribution >= 0.6 is 11.3 Å². The number of aryl methyl sites for hydroxylation is 1. The summed E-state index contributed by atoms with van der Waals surface area (Å²) >= 11 is 1.28. The van der Waals surface area contributed by atoms with Crippen LogP contribution in [-0.4, -0.2) is 10.9 Å². The maximum atomic E-state index is 10.9. The van der Waals surface area contributed by atoms with Crippen molar-refractivity contribution < 1.29 is 4.79 Å². The zero-order chi connectivity index (χ0) is 12.4. The summed E-state index contributed by atoms with van der Waals surface area (Å²) in [6.45, 7) is 3.47. The Bertz CT molecular complexity index is 545. The zero-order valence-corrected chi connectivity index (χ0v) is 10.5. The molecule has 2 rings (SSSR count). The van der Waals surface area contributed by atoms with Gasteiger partial charge in [-0.05, 0) is 6.92 Å². The molecule has 88 valence electrons. The topological polar surface area (TPSA) is 68.0 Å². The average molecular weight is 247 g/mol. The highest BCUT2D eigenvalue weighted by molar-refractivity contribution is 7.20. The van der Waals surface area contributed by atoms with Gasteiger partial charge in [-0.15, -0.1) is 0 Å². The Morgan fingerprint density at radius 1 is 1.35 bits per heavy atom. The predicted octanol–water partition coefficient (Wildman–Crippen LogP) is 2.66. The van der Waals surface area contributed by atoms with Crippen molar-refractivity contribution in [3.8, 4) is 11.3 Å². The Hall–Kier alpha value is -1.88. The van der Waals surface area contributed by atoms with Crippen molar-refractivity contribution in [1.29, 1.82) is 0 Å². The first kappa shape index (κ1) is 11.6. The number of benzene rings is 1. The van der Waals surface area contributed by atoms with Crippen LogP contribution in [0.3, 0.4) is 0 Å². The minimum absolute atomic E-state index is 0.144. The summed E-state index contributed by atoms with van der Waals surface area (Å²) in [5.74, 6) is -0.144. The fourth-order valence-corrected chi connectivity index (χ4v) is 2.25. The fourth-order valence-electron chi connectivity index (χ4n) is 1.45. The molecule has 0 unspecified atom stereocenters. The van der Waals surface area contributed by atoms with Gasteiger partial charge in [-0.3, -0.25) is 4.79 Å². The molecular formula is C12H13N3OS. The van der Waals surface area contributed by atoms with Crippen molar-refractivity contribution >= 4 is 27.4 Å². The Morgan fingerprint density at radius 3 is 2.59 bits per heavy atom. The second kappa shape index (κ2) is 4.55. The van der Waals surface area contributed by atoms with Crippen molar-refractivity contribution in [2.45, 2.75) is 13.8 Å². The molecule has 2 aromatic rings. The summed E-state index contributed by atoms with van der Waals surface area (Å²) in [4.78, 5) is 15.2. The van der Waals surface area contributed by atoms with Gasteiger partial charge >= 0.3 is 0 Å². The SMILES string of the molecule is CC(=O)Nc1nc(-c2ccc(C)cc2)c(N)s1. The molecular weight excluding hydrogens is 234 g/mol. The van der Waals surface area contributed by atoms with Crippen LogP contribution in [0.4, 0.5) is 10.1 Å². The third kappa shape index (κ3) is 2.62. The highest BCUT2D eigenvalue weighted by atomic mass is 32.1. The standard InChI is InChI=1S/C12H13N3OS/c1-7-3-5-9(6-4-7)10-11(13)17-12(15-10)14-8(2)16/h3-6H,13H2,1-2H3,(H,14,15,16). The minimum atomic E-state index is -0.144. The lowest BCUT2D eigenvalue weighted by molar-refractivity contribution is -0.114. The number of nitrogens with one attached hydrogen (secondary N) is 1. The van der Waals surface area contributed by atoms with E-state index in [-0.39, 0.29) is 5.91 Å². The lowest BCUT2D eigenvalue weighted by Gasteiger charge is -1.98. The number of aromatic nitrogens is 1. The molecule has 0 bridgehead atoms. The van der Waals surface area contributed by atoms with E-state index in [1.807, 2.05) is 31.2 Å². The summed E-state index contributed by atoms with van der Waals surface area (Å²) in [5, 5.41) is 3.78. The molecule has 5 heteroatoms. The van der Waals surface area contributed by atoms with Crippen LogP contribution in [-0.2, 0) is 4.79 Å². The van der Waals surface area contributed by atoms with Crippen molar-refractivity contribution in [3.05, 3.63) is 29.8 Å². The molecule has 0 aliphatic rings. The quantitative estimate of drug-likeness (QED) is 0.857. The van der Waals surface area contributed by atoms with Crippen LogP contribution in [0.1, 0.15) is 12.5 Å². The van der Waals surface area contributed by atoms with Crippen LogP contribution in [0.2, 0.25) is 0 Å². The van der Waals surface area contributed by atoms with Crippen molar-refractivity contribution in [2.24, 2.45) is 0 Å². The van der Waals surface area contributed by atoms with E-state index in [1.165, 1.54) is 23.8 Å². The maximum absolute atomic E-state index is 10.9. The molecule has 0 atom stereocenters. The van der Waals surface area contributed by atoms with Crippen LogP contribution < -0.4 is 11.1 Å². The molecule has 0 saturated carbocycles. The van der Waals surface area contributed by atoms with E-state index in [0.717, 1.165) is 11.3 Å². The molecule has 0 aliphatic heterocycles. The van der Waals surface area contributed by atoms with E-state index in [1.54, 1.807) is 0 Å². The third-order valence-electron chi connectivity index (χ3n) is 2.26. The smallest absolute Gasteiger partial charge is 0.223 e. The number of thiazole rings is 1. The van der Waals surface area contributed by atoms with E-state index in [9.17, 15) is 4.79 Å². The molecule has 1 aromatic carbocycles. The van der Waals surface area contributed by atoms with Gasteiger partial charge in [-0.25, -0.2) is 4.98 Å². The fraction of sp³-hybridized carbons (Fsp3) is 0.167. The van der Waals surface area contributed by atoms with Crippen LogP contribution in [0.25, 0.3) is 11.3 Å². The average Bonchev–Trinajstić information content (AvgIpc) is 2.59. The molecule has 0 aliphatic carbocycles. The van der Waals surface area contributed by atoms with Crippen molar-refractivity contribution in [3.63, 3.8) is 0 Å². The predicted molar refractivity (Wildman–Crippen MR) is 71.0 cm³/mol. The van der Waals surface area contributed by atoms with E-state index in [2.05, 4.69) is 10.3 Å². The van der Waals surface area contributed by atoms with E-state index < -0.39 is 0 Å². The lowest BCUT2D eigenvalue weighted by Crippen LogP contribution is -2.04. The second-order valence-electron chi connectivity index (χ2n) is 3.78. The molecule has 0 fully saturated rings. The summed E-state index contributed by atoms with van der Waals surface area (Å²) in [6.07, 6.45) is 0. The second-order valence-corrected chi connectivity index (χ2v) is 4.81. The third-order valence-corrected chi connectivity index (χ3v) is 3.06. The number of carbonyl (C=O) groups excluding carboxylic acids is 1. The normalized spacial score (nSPS) is 10.2. The van der Waals surface area contributed by atoms with E-state index in [4.69, 9.17) is 5.73 Å². The summed E-state index contributed by atoms with van der Waals surface area (Å²) < 4.78 is 0. The number of nitrogens with zero attached hydrogens (tertiary/aromatic N) is 1. The van der Waals surface area contributed by atoms with Gasteiger partial charge in [0.25, 0.3) is 0 Å². The molecule has 0 spiro atoms. The highest BCUT2D eigenvalue weighted by Gasteiger charge is 2.10. The van der Waals surface area contributed by atoms with E-state index in [0.29, 0.717) is 10.1 Å². The molecule has 1 heterocycles. The lowest BCUT2D eigenvalue weighted by atomic mass is 10.1. The monoisotopic (exact) mass is 247 g/mol. The largest absolute Gasteiger partial charge is 0.389 e. The Labute approximate surface area is 103 Å². The van der Waals surface area contributed by atoms with Gasteiger partial charge in [0.05, 0.1) is 0 Å². The summed E-state index contributed by atoms with van der Waals surface area (Å²) in [7, 11) is 0. The van der Waals surface area contributed by atoms with Gasteiger partial charge in [0.1, 0.15) is 10.7 Å². The Kier molecular flexibility index (Phi) is 3.10. The summed E-state index contributed by atoms with van der Waals surface area (Å²) in [6, 6.07) is 7.95. The molecule has 1 aromatic heterocycles. The van der Waals surface area contributed by atoms with Gasteiger partial charge in [0.2, 0.25) is 5.91 Å². The number of nitrogens with two attached hydrogens (primary N) is 1. The number of anilines is 2. The molecule has 3 N–H and O–H groups in total. The molecule has 0 saturated heterocycles. The van der Waals surface area contributed by atoms with Crippen molar-refractivity contribution in [2.75, 3.05) is 11.1 Å². The number of amides is 1. The Morgan fingerprint density at radius 2 is 2.00 bits per heavy atom. The Balaban J connectivity index is 2.35. The number of nitrogen functional groups attached to an aromatic ring is 1. The van der Waals surface area contributed by atoms with Gasteiger partial charge in [-0.2, -0.15) is 0 Å². The van der Waals surface area contributed by atoms with E-state index >= 15 is 0 Å². The number of rotatable bonds is 2. The van der Waals surface area contributed by atoms with Gasteiger partial charge in [-0.1, -0.05) is 41.2 Å². The summed E-state index contributed by atoms with van der Waals surface area (Å²) in [5.41, 5.74) is 8.76. The molecule has 4 nitrogen and oxygen atoms in total. The van der Waals surface area contributed by atoms with Gasteiger partial charge in [0.15, 0.2) is 5.13 Å². The number of hydrogen-bond acceptors (Lipinski definition) is 4.